The first-order valence-corrected chi connectivity index (χ1v) is 8.67. The lowest BCUT2D eigenvalue weighted by molar-refractivity contribution is -0.0861. The molecule has 1 unspecified atom stereocenters. The van der Waals surface area contributed by atoms with Gasteiger partial charge in [0.25, 0.3) is 0 Å². The van der Waals surface area contributed by atoms with E-state index in [-0.39, 0.29) is 0 Å². The molecule has 1 atom stereocenters. The van der Waals surface area contributed by atoms with Gasteiger partial charge in [0.2, 0.25) is 6.29 Å². The lowest BCUT2D eigenvalue weighted by Crippen LogP contribution is -2.19. The fraction of sp³-hybridized carbons (Fsp3) is 0.238. The highest BCUT2D eigenvalue weighted by Crippen LogP contribution is 2.41. The number of benzene rings is 2. The minimum absolute atomic E-state index is 0.457. The van der Waals surface area contributed by atoms with Gasteiger partial charge >= 0.3 is 0 Å². The Morgan fingerprint density at radius 2 is 1.84 bits per heavy atom. The van der Waals surface area contributed by atoms with Gasteiger partial charge in [0, 0.05) is 17.3 Å². The third-order valence-corrected chi connectivity index (χ3v) is 4.25. The van der Waals surface area contributed by atoms with E-state index in [4.69, 9.17) is 14.5 Å². The van der Waals surface area contributed by atoms with Crippen molar-refractivity contribution in [1.29, 1.82) is 0 Å². The molecule has 0 bridgehead atoms. The van der Waals surface area contributed by atoms with E-state index in [0.29, 0.717) is 12.4 Å². The number of hydrogen-bond acceptors (Lipinski definition) is 4. The number of fused-ring (bicyclic) bond motifs is 3. The predicted molar refractivity (Wildman–Crippen MR) is 97.1 cm³/mol. The van der Waals surface area contributed by atoms with Crippen LogP contribution in [0.3, 0.4) is 0 Å². The van der Waals surface area contributed by atoms with Crippen LogP contribution in [0.25, 0.3) is 22.6 Å². The van der Waals surface area contributed by atoms with Crippen molar-refractivity contribution in [1.82, 2.24) is 9.97 Å². The second-order valence-electron chi connectivity index (χ2n) is 6.03. The second-order valence-corrected chi connectivity index (χ2v) is 6.03. The summed E-state index contributed by atoms with van der Waals surface area (Å²) in [6.07, 6.45) is 3.46. The summed E-state index contributed by atoms with van der Waals surface area (Å²) in [4.78, 5) is 9.37. The molecule has 3 aromatic rings. The third-order valence-electron chi connectivity index (χ3n) is 4.25. The maximum absolute atomic E-state index is 6.05. The van der Waals surface area contributed by atoms with E-state index in [0.717, 1.165) is 41.0 Å². The van der Waals surface area contributed by atoms with Gasteiger partial charge in [-0.2, -0.15) is 0 Å². The Morgan fingerprint density at radius 1 is 1.04 bits per heavy atom. The Hall–Kier alpha value is -2.72. The van der Waals surface area contributed by atoms with Crippen molar-refractivity contribution < 1.29 is 9.47 Å². The molecule has 0 fully saturated rings. The third kappa shape index (κ3) is 3.13. The van der Waals surface area contributed by atoms with Crippen molar-refractivity contribution in [3.63, 3.8) is 0 Å². The van der Waals surface area contributed by atoms with Crippen LogP contribution in [0.5, 0.6) is 5.75 Å². The number of ether oxygens (including phenoxy) is 2. The number of nitrogens with zero attached hydrogens (tertiary/aromatic N) is 2. The van der Waals surface area contributed by atoms with Crippen molar-refractivity contribution >= 4 is 0 Å². The predicted octanol–water partition coefficient (Wildman–Crippen LogP) is 5.02. The summed E-state index contributed by atoms with van der Waals surface area (Å²) < 4.78 is 12.0. The van der Waals surface area contributed by atoms with Crippen LogP contribution in [0.15, 0.2) is 60.8 Å². The van der Waals surface area contributed by atoms with Gasteiger partial charge in [-0.3, -0.25) is 0 Å². The number of para-hydroxylation sites is 1. The standard InChI is InChI=1S/C21H20N2O2/c1-2-3-13-24-21-17-14-22-20(15-9-5-4-6-10-15)23-19(17)16-11-7-8-12-18(16)25-21/h4-12,14,21H,2-3,13H2,1H3. The monoisotopic (exact) mass is 332 g/mol. The van der Waals surface area contributed by atoms with Gasteiger partial charge in [-0.1, -0.05) is 55.8 Å². The molecule has 0 N–H and O–H groups in total. The summed E-state index contributed by atoms with van der Waals surface area (Å²) in [5, 5.41) is 0. The van der Waals surface area contributed by atoms with Crippen LogP contribution in [-0.4, -0.2) is 16.6 Å². The van der Waals surface area contributed by atoms with E-state index < -0.39 is 6.29 Å². The van der Waals surface area contributed by atoms with Crippen LogP contribution >= 0.6 is 0 Å². The van der Waals surface area contributed by atoms with Crippen LogP contribution in [-0.2, 0) is 4.74 Å². The van der Waals surface area contributed by atoms with Gasteiger partial charge in [-0.25, -0.2) is 9.97 Å². The molecule has 1 aliphatic heterocycles. The quantitative estimate of drug-likeness (QED) is 0.616. The molecule has 25 heavy (non-hydrogen) atoms. The number of hydrogen-bond donors (Lipinski definition) is 0. The molecule has 0 radical (unpaired) electrons. The average Bonchev–Trinajstić information content (AvgIpc) is 2.68. The molecular weight excluding hydrogens is 312 g/mol. The summed E-state index contributed by atoms with van der Waals surface area (Å²) in [6, 6.07) is 17.9. The maximum atomic E-state index is 6.05. The Morgan fingerprint density at radius 3 is 2.68 bits per heavy atom. The fourth-order valence-electron chi connectivity index (χ4n) is 2.91. The molecule has 4 nitrogen and oxygen atoms in total. The van der Waals surface area contributed by atoms with Crippen molar-refractivity contribution in [2.75, 3.05) is 6.61 Å². The Bertz CT molecular complexity index is 865. The van der Waals surface area contributed by atoms with Gasteiger partial charge in [0.1, 0.15) is 5.75 Å². The molecule has 0 amide bonds. The molecule has 0 spiro atoms. The zero-order valence-corrected chi connectivity index (χ0v) is 14.2. The number of aromatic nitrogens is 2. The minimum atomic E-state index is -0.457. The van der Waals surface area contributed by atoms with Crippen molar-refractivity contribution in [3.05, 3.63) is 66.4 Å². The van der Waals surface area contributed by atoms with Gasteiger partial charge < -0.3 is 9.47 Å². The minimum Gasteiger partial charge on any atom is -0.460 e. The van der Waals surface area contributed by atoms with E-state index in [1.165, 1.54) is 0 Å². The normalized spacial score (nSPS) is 15.2. The average molecular weight is 332 g/mol. The van der Waals surface area contributed by atoms with Gasteiger partial charge in [-0.05, 0) is 18.6 Å². The number of rotatable bonds is 5. The summed E-state index contributed by atoms with van der Waals surface area (Å²) >= 11 is 0. The van der Waals surface area contributed by atoms with E-state index in [9.17, 15) is 0 Å². The molecule has 2 aromatic carbocycles. The number of unbranched alkanes of at least 4 members (excludes halogenated alkanes) is 1. The SMILES string of the molecule is CCCCOC1Oc2ccccc2-c2nc(-c3ccccc3)ncc21. The molecule has 1 aromatic heterocycles. The highest BCUT2D eigenvalue weighted by Gasteiger charge is 2.28. The van der Waals surface area contributed by atoms with Gasteiger partial charge in [0.15, 0.2) is 5.82 Å². The molecule has 0 aliphatic carbocycles. The smallest absolute Gasteiger partial charge is 0.230 e. The highest BCUT2D eigenvalue weighted by molar-refractivity contribution is 5.73. The largest absolute Gasteiger partial charge is 0.460 e. The first-order chi connectivity index (χ1) is 12.4. The molecule has 126 valence electrons. The lowest BCUT2D eigenvalue weighted by Gasteiger charge is -2.27. The summed E-state index contributed by atoms with van der Waals surface area (Å²) in [6.45, 7) is 2.80. The van der Waals surface area contributed by atoms with E-state index in [1.807, 2.05) is 60.8 Å². The van der Waals surface area contributed by atoms with E-state index >= 15 is 0 Å². The lowest BCUT2D eigenvalue weighted by atomic mass is 10.0. The van der Waals surface area contributed by atoms with Crippen molar-refractivity contribution in [3.8, 4) is 28.4 Å². The maximum Gasteiger partial charge on any atom is 0.230 e. The summed E-state index contributed by atoms with van der Waals surface area (Å²) in [7, 11) is 0. The highest BCUT2D eigenvalue weighted by atomic mass is 16.7. The summed E-state index contributed by atoms with van der Waals surface area (Å²) in [5.74, 6) is 1.51. The van der Waals surface area contributed by atoms with Crippen LogP contribution in [0, 0.1) is 0 Å². The molecule has 0 saturated heterocycles. The molecule has 1 aliphatic rings. The molecule has 4 heteroatoms. The van der Waals surface area contributed by atoms with Gasteiger partial charge in [-0.15, -0.1) is 0 Å². The zero-order valence-electron chi connectivity index (χ0n) is 14.2. The molecule has 4 rings (SSSR count). The fourth-order valence-corrected chi connectivity index (χ4v) is 2.91. The Kier molecular flexibility index (Phi) is 4.44. The van der Waals surface area contributed by atoms with Crippen LogP contribution in [0.2, 0.25) is 0 Å². The van der Waals surface area contributed by atoms with Crippen molar-refractivity contribution in [2.45, 2.75) is 26.1 Å². The molecule has 2 heterocycles. The molecule has 0 saturated carbocycles. The van der Waals surface area contributed by atoms with Crippen LogP contribution < -0.4 is 4.74 Å². The van der Waals surface area contributed by atoms with Gasteiger partial charge in [0.05, 0.1) is 17.9 Å². The molecular formula is C21H20N2O2. The first kappa shape index (κ1) is 15.8. The second kappa shape index (κ2) is 7.03. The first-order valence-electron chi connectivity index (χ1n) is 8.67. The van der Waals surface area contributed by atoms with Crippen molar-refractivity contribution in [2.24, 2.45) is 0 Å². The zero-order chi connectivity index (χ0) is 17.1. The van der Waals surface area contributed by atoms with Crippen LogP contribution in [0.4, 0.5) is 0 Å². The Labute approximate surface area is 147 Å². The Balaban J connectivity index is 1.77. The van der Waals surface area contributed by atoms with Crippen LogP contribution in [0.1, 0.15) is 31.6 Å². The van der Waals surface area contributed by atoms with E-state index in [2.05, 4.69) is 11.9 Å². The van der Waals surface area contributed by atoms with E-state index in [1.54, 1.807) is 0 Å². The topological polar surface area (TPSA) is 44.2 Å². The summed E-state index contributed by atoms with van der Waals surface area (Å²) in [5.41, 5.74) is 3.75.